The van der Waals surface area contributed by atoms with E-state index in [1.807, 2.05) is 13.0 Å². The Hall–Kier alpha value is -1.69. The van der Waals surface area contributed by atoms with E-state index in [1.165, 1.54) is 11.1 Å². The fourth-order valence-corrected chi connectivity index (χ4v) is 5.34. The molecule has 1 aliphatic carbocycles. The molecule has 2 aromatic carbocycles. The van der Waals surface area contributed by atoms with Crippen molar-refractivity contribution < 1.29 is 9.59 Å². The molecule has 1 unspecified atom stereocenters. The SMILES string of the molecule is CCC(C(=O)NC1CCCC1)N(Cc1ccc(Cl)c(Cl)c1)C(=O)CSCc1ccc(C)cc1. The van der Waals surface area contributed by atoms with E-state index in [-0.39, 0.29) is 17.9 Å². The van der Waals surface area contributed by atoms with Crippen LogP contribution in [0.4, 0.5) is 0 Å². The first-order valence-corrected chi connectivity index (χ1v) is 13.5. The Kier molecular flexibility index (Phi) is 9.96. The molecule has 1 fully saturated rings. The van der Waals surface area contributed by atoms with Crippen LogP contribution in [0.25, 0.3) is 0 Å². The third-order valence-corrected chi connectivity index (χ3v) is 7.77. The molecule has 1 atom stereocenters. The number of hydrogen-bond donors (Lipinski definition) is 1. The van der Waals surface area contributed by atoms with Gasteiger partial charge in [0.25, 0.3) is 0 Å². The van der Waals surface area contributed by atoms with Crippen molar-refractivity contribution in [2.24, 2.45) is 0 Å². The lowest BCUT2D eigenvalue weighted by Crippen LogP contribution is -2.51. The number of carbonyl (C=O) groups excluding carboxylic acids is 2. The van der Waals surface area contributed by atoms with Crippen LogP contribution in [-0.4, -0.2) is 34.6 Å². The van der Waals surface area contributed by atoms with Crippen molar-refractivity contribution in [2.75, 3.05) is 5.75 Å². The normalized spacial score (nSPS) is 14.8. The lowest BCUT2D eigenvalue weighted by molar-refractivity contribution is -0.139. The van der Waals surface area contributed by atoms with Gasteiger partial charge in [0, 0.05) is 18.3 Å². The minimum Gasteiger partial charge on any atom is -0.352 e. The number of hydrogen-bond acceptors (Lipinski definition) is 3. The summed E-state index contributed by atoms with van der Waals surface area (Å²) in [7, 11) is 0. The first-order chi connectivity index (χ1) is 15.9. The minimum absolute atomic E-state index is 0.0494. The van der Waals surface area contributed by atoms with E-state index in [0.29, 0.717) is 28.8 Å². The van der Waals surface area contributed by atoms with E-state index in [2.05, 4.69) is 36.5 Å². The molecule has 0 saturated heterocycles. The average Bonchev–Trinajstić information content (AvgIpc) is 3.30. The van der Waals surface area contributed by atoms with Gasteiger partial charge < -0.3 is 10.2 Å². The molecule has 1 N–H and O–H groups in total. The van der Waals surface area contributed by atoms with E-state index in [0.717, 1.165) is 37.0 Å². The third-order valence-electron chi connectivity index (χ3n) is 6.04. The summed E-state index contributed by atoms with van der Waals surface area (Å²) >= 11 is 13.8. The zero-order chi connectivity index (χ0) is 23.8. The quantitative estimate of drug-likeness (QED) is 0.405. The van der Waals surface area contributed by atoms with Gasteiger partial charge in [0.15, 0.2) is 0 Å². The number of halogens is 2. The summed E-state index contributed by atoms with van der Waals surface area (Å²) in [6.07, 6.45) is 4.85. The summed E-state index contributed by atoms with van der Waals surface area (Å²) in [5, 5.41) is 4.09. The molecule has 4 nitrogen and oxygen atoms in total. The fraction of sp³-hybridized carbons (Fsp3) is 0.462. The highest BCUT2D eigenvalue weighted by Crippen LogP contribution is 2.25. The molecule has 2 aromatic rings. The highest BCUT2D eigenvalue weighted by molar-refractivity contribution is 7.99. The molecule has 0 aromatic heterocycles. The number of nitrogens with zero attached hydrogens (tertiary/aromatic N) is 1. The highest BCUT2D eigenvalue weighted by atomic mass is 35.5. The largest absolute Gasteiger partial charge is 0.352 e. The van der Waals surface area contributed by atoms with Gasteiger partial charge in [-0.3, -0.25) is 9.59 Å². The molecule has 0 bridgehead atoms. The van der Waals surface area contributed by atoms with Crippen LogP contribution in [-0.2, 0) is 21.9 Å². The molecule has 0 aliphatic heterocycles. The van der Waals surface area contributed by atoms with Crippen LogP contribution in [0.2, 0.25) is 10.0 Å². The maximum atomic E-state index is 13.4. The number of thioether (sulfide) groups is 1. The molecule has 33 heavy (non-hydrogen) atoms. The van der Waals surface area contributed by atoms with E-state index in [9.17, 15) is 9.59 Å². The van der Waals surface area contributed by atoms with Crippen LogP contribution in [0, 0.1) is 6.92 Å². The van der Waals surface area contributed by atoms with Crippen molar-refractivity contribution in [2.45, 2.75) is 70.3 Å². The van der Waals surface area contributed by atoms with E-state index in [1.54, 1.807) is 28.8 Å². The molecule has 3 rings (SSSR count). The summed E-state index contributed by atoms with van der Waals surface area (Å²) in [5.74, 6) is 0.938. The van der Waals surface area contributed by atoms with Gasteiger partial charge >= 0.3 is 0 Å². The molecule has 2 amide bonds. The number of aryl methyl sites for hydroxylation is 1. The number of amides is 2. The lowest BCUT2D eigenvalue weighted by atomic mass is 10.1. The second kappa shape index (κ2) is 12.7. The molecular weight excluding hydrogens is 475 g/mol. The standard InChI is InChI=1S/C26H32Cl2N2O2S/c1-3-24(26(32)29-21-6-4-5-7-21)30(15-20-12-13-22(27)23(28)14-20)25(31)17-33-16-19-10-8-18(2)9-11-19/h8-14,21,24H,3-7,15-17H2,1-2H3,(H,29,32). The molecule has 0 radical (unpaired) electrons. The Bertz CT molecular complexity index is 946. The number of carbonyl (C=O) groups is 2. The predicted molar refractivity (Wildman–Crippen MR) is 139 cm³/mol. The zero-order valence-corrected chi connectivity index (χ0v) is 21.6. The zero-order valence-electron chi connectivity index (χ0n) is 19.3. The molecular formula is C26H32Cl2N2O2S. The third kappa shape index (κ3) is 7.66. The molecule has 0 spiro atoms. The Morgan fingerprint density at radius 3 is 2.36 bits per heavy atom. The van der Waals surface area contributed by atoms with Gasteiger partial charge in [0.1, 0.15) is 6.04 Å². The van der Waals surface area contributed by atoms with Gasteiger partial charge in [0.05, 0.1) is 15.8 Å². The summed E-state index contributed by atoms with van der Waals surface area (Å²) in [6.45, 7) is 4.33. The maximum Gasteiger partial charge on any atom is 0.243 e. The van der Waals surface area contributed by atoms with Gasteiger partial charge in [-0.25, -0.2) is 0 Å². The monoisotopic (exact) mass is 506 g/mol. The molecule has 7 heteroatoms. The molecule has 0 heterocycles. The number of benzene rings is 2. The fourth-order valence-electron chi connectivity index (χ4n) is 4.15. The predicted octanol–water partition coefficient (Wildman–Crippen LogP) is 6.40. The van der Waals surface area contributed by atoms with Crippen molar-refractivity contribution in [3.05, 3.63) is 69.2 Å². The van der Waals surface area contributed by atoms with Gasteiger partial charge in [-0.1, -0.05) is 78.9 Å². The minimum atomic E-state index is -0.521. The van der Waals surface area contributed by atoms with Gasteiger partial charge in [-0.2, -0.15) is 0 Å². The maximum absolute atomic E-state index is 13.4. The second-order valence-corrected chi connectivity index (χ2v) is 10.5. The van der Waals surface area contributed by atoms with Crippen LogP contribution in [0.5, 0.6) is 0 Å². The Morgan fingerprint density at radius 2 is 1.73 bits per heavy atom. The van der Waals surface area contributed by atoms with Crippen molar-refractivity contribution in [3.63, 3.8) is 0 Å². The summed E-state index contributed by atoms with van der Waals surface area (Å²) < 4.78 is 0. The van der Waals surface area contributed by atoms with Crippen molar-refractivity contribution in [1.82, 2.24) is 10.2 Å². The Morgan fingerprint density at radius 1 is 1.06 bits per heavy atom. The van der Waals surface area contributed by atoms with E-state index < -0.39 is 6.04 Å². The van der Waals surface area contributed by atoms with Gasteiger partial charge in [0.2, 0.25) is 11.8 Å². The van der Waals surface area contributed by atoms with Crippen LogP contribution < -0.4 is 5.32 Å². The average molecular weight is 508 g/mol. The second-order valence-electron chi connectivity index (χ2n) is 8.66. The lowest BCUT2D eigenvalue weighted by Gasteiger charge is -2.31. The summed E-state index contributed by atoms with van der Waals surface area (Å²) in [5.41, 5.74) is 3.25. The Balaban J connectivity index is 1.71. The number of nitrogens with one attached hydrogen (secondary N) is 1. The van der Waals surface area contributed by atoms with Crippen molar-refractivity contribution in [3.8, 4) is 0 Å². The first-order valence-electron chi connectivity index (χ1n) is 11.5. The summed E-state index contributed by atoms with van der Waals surface area (Å²) in [4.78, 5) is 28.2. The number of rotatable bonds is 10. The van der Waals surface area contributed by atoms with Gasteiger partial charge in [-0.05, 0) is 49.4 Å². The molecule has 178 valence electrons. The molecule has 1 aliphatic rings. The van der Waals surface area contributed by atoms with E-state index in [4.69, 9.17) is 23.2 Å². The van der Waals surface area contributed by atoms with Gasteiger partial charge in [-0.15, -0.1) is 11.8 Å². The van der Waals surface area contributed by atoms with Crippen LogP contribution in [0.15, 0.2) is 42.5 Å². The van der Waals surface area contributed by atoms with Crippen LogP contribution in [0.3, 0.4) is 0 Å². The van der Waals surface area contributed by atoms with Crippen LogP contribution >= 0.6 is 35.0 Å². The van der Waals surface area contributed by atoms with E-state index >= 15 is 0 Å². The van der Waals surface area contributed by atoms with Crippen LogP contribution in [0.1, 0.15) is 55.7 Å². The van der Waals surface area contributed by atoms with Crippen molar-refractivity contribution in [1.29, 1.82) is 0 Å². The Labute approximate surface area is 211 Å². The smallest absolute Gasteiger partial charge is 0.243 e. The summed E-state index contributed by atoms with van der Waals surface area (Å²) in [6, 6.07) is 13.4. The first kappa shape index (κ1) is 25.9. The molecule has 1 saturated carbocycles. The van der Waals surface area contributed by atoms with Crippen molar-refractivity contribution >= 4 is 46.8 Å². The highest BCUT2D eigenvalue weighted by Gasteiger charge is 2.30. The topological polar surface area (TPSA) is 49.4 Å².